The summed E-state index contributed by atoms with van der Waals surface area (Å²) in [6.45, 7) is 6.24. The second-order valence-corrected chi connectivity index (χ2v) is 12.4. The van der Waals surface area contributed by atoms with Crippen molar-refractivity contribution in [3.05, 3.63) is 84.2 Å². The molecule has 3 fully saturated rings. The highest BCUT2D eigenvalue weighted by atomic mass is 16.4. The molecule has 2 aliphatic heterocycles. The molecule has 45 heavy (non-hydrogen) atoms. The molecular weight excluding hydrogens is 572 g/mol. The van der Waals surface area contributed by atoms with Crippen molar-refractivity contribution >= 4 is 23.8 Å². The first kappa shape index (κ1) is 31.9. The summed E-state index contributed by atoms with van der Waals surface area (Å²) in [6, 6.07) is 19.2. The monoisotopic (exact) mass is 614 g/mol. The lowest BCUT2D eigenvalue weighted by Crippen LogP contribution is -2.55. The van der Waals surface area contributed by atoms with Crippen molar-refractivity contribution in [1.29, 1.82) is 0 Å². The minimum absolute atomic E-state index is 0.0185. The Kier molecular flexibility index (Phi) is 9.97. The minimum Gasteiger partial charge on any atom is -0.481 e. The van der Waals surface area contributed by atoms with Crippen molar-refractivity contribution in [2.75, 3.05) is 19.6 Å². The molecule has 0 radical (unpaired) electrons. The highest BCUT2D eigenvalue weighted by Crippen LogP contribution is 2.31. The van der Waals surface area contributed by atoms with E-state index in [1.54, 1.807) is 10.9 Å². The fourth-order valence-corrected chi connectivity index (χ4v) is 5.66. The van der Waals surface area contributed by atoms with Crippen molar-refractivity contribution in [3.8, 4) is 5.69 Å². The summed E-state index contributed by atoms with van der Waals surface area (Å²) >= 11 is 0. The highest BCUT2D eigenvalue weighted by molar-refractivity contribution is 6.07. The van der Waals surface area contributed by atoms with Crippen LogP contribution in [0.25, 0.3) is 5.69 Å². The maximum Gasteiger partial charge on any atom is 0.325 e. The number of nitrogens with one attached hydrogen (secondary N) is 2. The predicted octanol–water partition coefficient (Wildman–Crippen LogP) is 4.14. The fourth-order valence-electron chi connectivity index (χ4n) is 5.66. The molecule has 0 bridgehead atoms. The largest absolute Gasteiger partial charge is 0.481 e. The zero-order valence-electron chi connectivity index (χ0n) is 25.9. The van der Waals surface area contributed by atoms with Crippen LogP contribution in [0, 0.1) is 11.8 Å². The van der Waals surface area contributed by atoms with Crippen LogP contribution >= 0.6 is 0 Å². The van der Waals surface area contributed by atoms with Crippen molar-refractivity contribution < 1.29 is 24.3 Å². The van der Waals surface area contributed by atoms with Crippen LogP contribution < -0.4 is 10.6 Å². The Bertz CT molecular complexity index is 1460. The summed E-state index contributed by atoms with van der Waals surface area (Å²) in [5, 5.41) is 18.5. The maximum absolute atomic E-state index is 13.5. The van der Waals surface area contributed by atoms with Crippen LogP contribution in [0.3, 0.4) is 0 Å². The first-order chi connectivity index (χ1) is 21.6. The van der Waals surface area contributed by atoms with Crippen molar-refractivity contribution in [3.63, 3.8) is 0 Å². The van der Waals surface area contributed by atoms with Crippen LogP contribution in [-0.2, 0) is 20.9 Å². The van der Waals surface area contributed by atoms with E-state index in [9.17, 15) is 19.2 Å². The van der Waals surface area contributed by atoms with Gasteiger partial charge in [0.05, 0.1) is 24.2 Å². The number of hydrogen-bond acceptors (Lipinski definition) is 6. The van der Waals surface area contributed by atoms with Crippen LogP contribution in [0.1, 0.15) is 63.1 Å². The number of carboxylic acid groups (broad SMARTS) is 1. The second-order valence-electron chi connectivity index (χ2n) is 12.4. The first-order valence-electron chi connectivity index (χ1n) is 15.7. The van der Waals surface area contributed by atoms with Crippen LogP contribution in [0.5, 0.6) is 0 Å². The Morgan fingerprint density at radius 2 is 1.71 bits per heavy atom. The molecule has 11 heteroatoms. The average Bonchev–Trinajstić information content (AvgIpc) is 3.72. The quantitative estimate of drug-likeness (QED) is 0.292. The van der Waals surface area contributed by atoms with E-state index in [-0.39, 0.29) is 42.3 Å². The van der Waals surface area contributed by atoms with E-state index in [1.807, 2.05) is 80.7 Å². The molecule has 3 N–H and O–H groups in total. The van der Waals surface area contributed by atoms with E-state index in [0.29, 0.717) is 25.9 Å². The van der Waals surface area contributed by atoms with E-state index in [1.165, 1.54) is 4.90 Å². The number of piperidine rings is 1. The standard InChI is InChI=1S/C30H36N6O3.C4H6O2/c1-22(2)27(37)32-26(24-7-4-3-5-8-24)13-18-34-19-14-30(15-20-34)28(38)35(29(39)33-30)21-23-9-11-25(12-10-23)36-17-6-16-31-36;5-4(6)3-1-2-3/h3-12,16-17,22,26H,13-15,18-21H2,1-2H3,(H,32,37)(H,33,39);3H,1-2H2,(H,5,6)/t26-;/m0./s1. The molecular formula is C34H42N6O5. The molecule has 238 valence electrons. The smallest absolute Gasteiger partial charge is 0.325 e. The van der Waals surface area contributed by atoms with Crippen LogP contribution in [0.4, 0.5) is 4.79 Å². The Morgan fingerprint density at radius 1 is 1.02 bits per heavy atom. The van der Waals surface area contributed by atoms with E-state index < -0.39 is 11.5 Å². The zero-order valence-corrected chi connectivity index (χ0v) is 25.9. The molecule has 1 atom stereocenters. The van der Waals surface area contributed by atoms with Gasteiger partial charge in [-0.3, -0.25) is 19.3 Å². The third kappa shape index (κ3) is 7.96. The summed E-state index contributed by atoms with van der Waals surface area (Å²) < 4.78 is 1.76. The molecule has 2 saturated heterocycles. The summed E-state index contributed by atoms with van der Waals surface area (Å²) in [5.41, 5.74) is 2.06. The van der Waals surface area contributed by atoms with Gasteiger partial charge in [-0.25, -0.2) is 9.48 Å². The van der Waals surface area contributed by atoms with Crippen molar-refractivity contribution in [1.82, 2.24) is 30.2 Å². The summed E-state index contributed by atoms with van der Waals surface area (Å²) in [6.07, 6.45) is 7.30. The number of likely N-dealkylation sites (tertiary alicyclic amines) is 1. The zero-order chi connectivity index (χ0) is 32.0. The molecule has 2 aromatic carbocycles. The maximum atomic E-state index is 13.5. The average molecular weight is 615 g/mol. The van der Waals surface area contributed by atoms with Gasteiger partial charge in [-0.1, -0.05) is 56.3 Å². The minimum atomic E-state index is -0.840. The Morgan fingerprint density at radius 3 is 2.27 bits per heavy atom. The third-order valence-corrected chi connectivity index (χ3v) is 8.70. The van der Waals surface area contributed by atoms with E-state index in [0.717, 1.165) is 42.6 Å². The van der Waals surface area contributed by atoms with Crippen LogP contribution in [-0.4, -0.2) is 73.7 Å². The number of carbonyl (C=O) groups is 4. The molecule has 1 aromatic heterocycles. The lowest BCUT2D eigenvalue weighted by molar-refractivity contribution is -0.138. The number of rotatable bonds is 10. The lowest BCUT2D eigenvalue weighted by Gasteiger charge is -2.37. The van der Waals surface area contributed by atoms with Crippen LogP contribution in [0.2, 0.25) is 0 Å². The molecule has 1 spiro atoms. The van der Waals surface area contributed by atoms with Gasteiger partial charge in [0.1, 0.15) is 5.54 Å². The van der Waals surface area contributed by atoms with Gasteiger partial charge in [-0.15, -0.1) is 0 Å². The number of imide groups is 1. The highest BCUT2D eigenvalue weighted by Gasteiger charge is 2.52. The molecule has 1 saturated carbocycles. The second kappa shape index (κ2) is 14.1. The van der Waals surface area contributed by atoms with Crippen molar-refractivity contribution in [2.24, 2.45) is 11.8 Å². The number of carbonyl (C=O) groups excluding carboxylic acids is 3. The summed E-state index contributed by atoms with van der Waals surface area (Å²) in [4.78, 5) is 52.2. The summed E-state index contributed by atoms with van der Waals surface area (Å²) in [5.74, 6) is -0.799. The van der Waals surface area contributed by atoms with Gasteiger partial charge in [0.25, 0.3) is 5.91 Å². The number of aromatic nitrogens is 2. The number of urea groups is 1. The van der Waals surface area contributed by atoms with Gasteiger partial charge in [-0.05, 0) is 61.4 Å². The van der Waals surface area contributed by atoms with Gasteiger partial charge in [0.2, 0.25) is 5.91 Å². The number of benzene rings is 2. The van der Waals surface area contributed by atoms with E-state index in [4.69, 9.17) is 5.11 Å². The fraction of sp³-hybridized carbons (Fsp3) is 0.441. The Hall–Kier alpha value is -4.51. The molecule has 4 amide bonds. The Balaban J connectivity index is 0.000000598. The third-order valence-electron chi connectivity index (χ3n) is 8.70. The number of amides is 4. The number of aliphatic carboxylic acids is 1. The Labute approximate surface area is 263 Å². The predicted molar refractivity (Wildman–Crippen MR) is 168 cm³/mol. The van der Waals surface area contributed by atoms with Gasteiger partial charge in [-0.2, -0.15) is 5.10 Å². The van der Waals surface area contributed by atoms with Gasteiger partial charge < -0.3 is 20.6 Å². The lowest BCUT2D eigenvalue weighted by atomic mass is 9.87. The molecule has 0 unspecified atom stereocenters. The van der Waals surface area contributed by atoms with E-state index >= 15 is 0 Å². The topological polar surface area (TPSA) is 137 Å². The molecule has 3 aromatic rings. The molecule has 1 aliphatic carbocycles. The molecule has 3 heterocycles. The number of hydrogen-bond donors (Lipinski definition) is 3. The summed E-state index contributed by atoms with van der Waals surface area (Å²) in [7, 11) is 0. The number of nitrogens with zero attached hydrogens (tertiary/aromatic N) is 4. The molecule has 3 aliphatic rings. The van der Waals surface area contributed by atoms with Crippen molar-refractivity contribution in [2.45, 2.75) is 64.1 Å². The van der Waals surface area contributed by atoms with Gasteiger partial charge in [0, 0.05) is 37.9 Å². The molecule has 6 rings (SSSR count). The SMILES string of the molecule is CC(C)C(=O)N[C@@H](CCN1CCC2(CC1)NC(=O)N(Cc1ccc(-n3cccn3)cc1)C2=O)c1ccccc1.O=C(O)C1CC1. The molecule has 11 nitrogen and oxygen atoms in total. The van der Waals surface area contributed by atoms with Gasteiger partial charge >= 0.3 is 12.0 Å². The van der Waals surface area contributed by atoms with Crippen LogP contribution in [0.15, 0.2) is 73.1 Å². The van der Waals surface area contributed by atoms with Gasteiger partial charge in [0.15, 0.2) is 0 Å². The number of carboxylic acids is 1. The first-order valence-corrected chi connectivity index (χ1v) is 15.7. The normalized spacial score (nSPS) is 18.3. The van der Waals surface area contributed by atoms with E-state index in [2.05, 4.69) is 20.6 Å².